The second-order valence-electron chi connectivity index (χ2n) is 6.31. The summed E-state index contributed by atoms with van der Waals surface area (Å²) in [7, 11) is 0. The molecule has 0 aliphatic heterocycles. The lowest BCUT2D eigenvalue weighted by molar-refractivity contribution is 0.0523. The van der Waals surface area contributed by atoms with Gasteiger partial charge in [-0.25, -0.2) is 14.2 Å². The molecule has 2 N–H and O–H groups in total. The zero-order valence-electron chi connectivity index (χ0n) is 14.5. The number of amides is 2. The molecule has 0 radical (unpaired) electrons. The minimum Gasteiger partial charge on any atom is -0.444 e. The van der Waals surface area contributed by atoms with Crippen molar-refractivity contribution in [3.63, 3.8) is 0 Å². The highest BCUT2D eigenvalue weighted by molar-refractivity contribution is 7.13. The van der Waals surface area contributed by atoms with Gasteiger partial charge in [0.15, 0.2) is 0 Å². The van der Waals surface area contributed by atoms with Gasteiger partial charge in [0.2, 0.25) is 0 Å². The molecule has 25 heavy (non-hydrogen) atoms. The van der Waals surface area contributed by atoms with Crippen LogP contribution in [0.5, 0.6) is 0 Å². The number of rotatable bonds is 4. The normalized spacial score (nSPS) is 11.1. The largest absolute Gasteiger partial charge is 0.444 e. The first-order valence-corrected chi connectivity index (χ1v) is 8.46. The number of halogens is 1. The fraction of sp³-hybridized carbons (Fsp3) is 0.353. The smallest absolute Gasteiger partial charge is 0.408 e. The Hall–Kier alpha value is -2.48. The molecule has 134 valence electrons. The van der Waals surface area contributed by atoms with Gasteiger partial charge in [-0.2, -0.15) is 0 Å². The minimum absolute atomic E-state index is 0.105. The van der Waals surface area contributed by atoms with Crippen LogP contribution in [-0.4, -0.2) is 22.6 Å². The highest BCUT2D eigenvalue weighted by Crippen LogP contribution is 2.21. The highest BCUT2D eigenvalue weighted by atomic mass is 32.1. The first-order valence-electron chi connectivity index (χ1n) is 7.65. The molecular weight excluding hydrogens is 345 g/mol. The Morgan fingerprint density at radius 2 is 1.96 bits per heavy atom. The van der Waals surface area contributed by atoms with E-state index in [1.54, 1.807) is 39.8 Å². The molecule has 1 aromatic heterocycles. The number of nitrogens with one attached hydrogen (secondary N) is 2. The first-order chi connectivity index (χ1) is 11.7. The van der Waals surface area contributed by atoms with Crippen molar-refractivity contribution in [3.05, 3.63) is 45.7 Å². The van der Waals surface area contributed by atoms with E-state index in [0.29, 0.717) is 15.6 Å². The molecule has 1 aromatic carbocycles. The van der Waals surface area contributed by atoms with E-state index in [4.69, 9.17) is 4.74 Å². The lowest BCUT2D eigenvalue weighted by Gasteiger charge is -2.19. The van der Waals surface area contributed by atoms with Crippen molar-refractivity contribution < 1.29 is 18.7 Å². The van der Waals surface area contributed by atoms with Gasteiger partial charge in [0.1, 0.15) is 21.3 Å². The first kappa shape index (κ1) is 18.9. The molecule has 2 aromatic rings. The predicted molar refractivity (Wildman–Crippen MR) is 94.3 cm³/mol. The summed E-state index contributed by atoms with van der Waals surface area (Å²) in [6, 6.07) is 5.93. The quantitative estimate of drug-likeness (QED) is 0.862. The summed E-state index contributed by atoms with van der Waals surface area (Å²) in [5.41, 5.74) is 0.0294. The predicted octanol–water partition coefficient (Wildman–Crippen LogP) is 3.87. The topological polar surface area (TPSA) is 80.3 Å². The van der Waals surface area contributed by atoms with Crippen LogP contribution in [-0.2, 0) is 11.3 Å². The molecule has 0 bridgehead atoms. The molecular formula is C17H20FN3O3S. The molecule has 0 saturated carbocycles. The van der Waals surface area contributed by atoms with Gasteiger partial charge in [0.05, 0.1) is 17.9 Å². The van der Waals surface area contributed by atoms with Crippen LogP contribution in [0.15, 0.2) is 24.3 Å². The number of nitrogens with zero attached hydrogens (tertiary/aromatic N) is 1. The van der Waals surface area contributed by atoms with E-state index < -0.39 is 23.4 Å². The SMILES string of the molecule is Cc1nc(CNC(=O)OC(C)(C)C)sc1C(=O)Nc1ccccc1F. The van der Waals surface area contributed by atoms with Crippen LogP contribution in [0, 0.1) is 12.7 Å². The summed E-state index contributed by atoms with van der Waals surface area (Å²) in [6.45, 7) is 7.14. The Balaban J connectivity index is 2.01. The van der Waals surface area contributed by atoms with E-state index in [1.165, 1.54) is 12.1 Å². The van der Waals surface area contributed by atoms with Crippen LogP contribution in [0.4, 0.5) is 14.9 Å². The van der Waals surface area contributed by atoms with Gasteiger partial charge >= 0.3 is 6.09 Å². The molecule has 2 rings (SSSR count). The monoisotopic (exact) mass is 365 g/mol. The lowest BCUT2D eigenvalue weighted by Crippen LogP contribution is -2.32. The molecule has 8 heteroatoms. The molecule has 0 atom stereocenters. The van der Waals surface area contributed by atoms with Crippen LogP contribution >= 0.6 is 11.3 Å². The summed E-state index contributed by atoms with van der Waals surface area (Å²) in [5.74, 6) is -0.951. The van der Waals surface area contributed by atoms with Crippen molar-refractivity contribution in [2.24, 2.45) is 0 Å². The summed E-state index contributed by atoms with van der Waals surface area (Å²) in [6.07, 6.45) is -0.558. The average Bonchev–Trinajstić information content (AvgIpc) is 2.87. The minimum atomic E-state index is -0.590. The van der Waals surface area contributed by atoms with Crippen molar-refractivity contribution in [2.75, 3.05) is 5.32 Å². The van der Waals surface area contributed by atoms with Crippen molar-refractivity contribution in [1.82, 2.24) is 10.3 Å². The number of ether oxygens (including phenoxy) is 1. The highest BCUT2D eigenvalue weighted by Gasteiger charge is 2.19. The zero-order valence-corrected chi connectivity index (χ0v) is 15.3. The van der Waals surface area contributed by atoms with Crippen LogP contribution in [0.2, 0.25) is 0 Å². The molecule has 0 fully saturated rings. The maximum Gasteiger partial charge on any atom is 0.408 e. The number of thiazole rings is 1. The van der Waals surface area contributed by atoms with Crippen LogP contribution in [0.3, 0.4) is 0 Å². The fourth-order valence-electron chi connectivity index (χ4n) is 1.94. The van der Waals surface area contributed by atoms with Gasteiger partial charge in [0.25, 0.3) is 5.91 Å². The molecule has 0 spiro atoms. The Bertz CT molecular complexity index is 784. The average molecular weight is 365 g/mol. The summed E-state index contributed by atoms with van der Waals surface area (Å²) < 4.78 is 18.8. The Morgan fingerprint density at radius 1 is 1.28 bits per heavy atom. The second kappa shape index (κ2) is 7.60. The Kier molecular flexibility index (Phi) is 5.73. The number of aryl methyl sites for hydroxylation is 1. The van der Waals surface area contributed by atoms with Crippen molar-refractivity contribution >= 4 is 29.0 Å². The number of alkyl carbamates (subject to hydrolysis) is 1. The van der Waals surface area contributed by atoms with E-state index in [1.807, 2.05) is 0 Å². The number of anilines is 1. The van der Waals surface area contributed by atoms with E-state index >= 15 is 0 Å². The Morgan fingerprint density at radius 3 is 2.60 bits per heavy atom. The summed E-state index contributed by atoms with van der Waals surface area (Å²) in [5, 5.41) is 5.67. The van der Waals surface area contributed by atoms with Crippen molar-refractivity contribution in [2.45, 2.75) is 39.8 Å². The van der Waals surface area contributed by atoms with Gasteiger partial charge in [-0.1, -0.05) is 12.1 Å². The fourth-order valence-corrected chi connectivity index (χ4v) is 2.84. The Labute approximate surface area is 149 Å². The number of carbonyl (C=O) groups excluding carboxylic acids is 2. The third-order valence-corrected chi connectivity index (χ3v) is 4.11. The molecule has 1 heterocycles. The number of benzene rings is 1. The van der Waals surface area contributed by atoms with Crippen molar-refractivity contribution in [3.8, 4) is 0 Å². The number of carbonyl (C=O) groups is 2. The van der Waals surface area contributed by atoms with Crippen LogP contribution < -0.4 is 10.6 Å². The van der Waals surface area contributed by atoms with Crippen molar-refractivity contribution in [1.29, 1.82) is 0 Å². The van der Waals surface area contributed by atoms with E-state index in [0.717, 1.165) is 11.3 Å². The van der Waals surface area contributed by atoms with Gasteiger partial charge in [0, 0.05) is 0 Å². The number of hydrogen-bond donors (Lipinski definition) is 2. The van der Waals surface area contributed by atoms with Gasteiger partial charge < -0.3 is 15.4 Å². The third-order valence-electron chi connectivity index (χ3n) is 2.95. The third kappa shape index (κ3) is 5.53. The number of aromatic nitrogens is 1. The maximum atomic E-state index is 13.6. The number of para-hydroxylation sites is 1. The van der Waals surface area contributed by atoms with E-state index in [-0.39, 0.29) is 12.2 Å². The van der Waals surface area contributed by atoms with Gasteiger partial charge in [-0.3, -0.25) is 4.79 Å². The molecule has 6 nitrogen and oxygen atoms in total. The molecule has 2 amide bonds. The van der Waals surface area contributed by atoms with Gasteiger partial charge in [-0.05, 0) is 39.8 Å². The molecule has 0 saturated heterocycles. The summed E-state index contributed by atoms with van der Waals surface area (Å²) >= 11 is 1.14. The second-order valence-corrected chi connectivity index (χ2v) is 7.40. The van der Waals surface area contributed by atoms with Crippen LogP contribution in [0.1, 0.15) is 41.1 Å². The maximum absolute atomic E-state index is 13.6. The lowest BCUT2D eigenvalue weighted by atomic mass is 10.2. The van der Waals surface area contributed by atoms with E-state index in [2.05, 4.69) is 15.6 Å². The van der Waals surface area contributed by atoms with Crippen LogP contribution in [0.25, 0.3) is 0 Å². The zero-order chi connectivity index (χ0) is 18.6. The molecule has 0 aliphatic rings. The van der Waals surface area contributed by atoms with Gasteiger partial charge in [-0.15, -0.1) is 11.3 Å². The summed E-state index contributed by atoms with van der Waals surface area (Å²) in [4.78, 5) is 28.6. The number of hydrogen-bond acceptors (Lipinski definition) is 5. The standard InChI is InChI=1S/C17H20FN3O3S/c1-10-14(15(22)21-12-8-6-5-7-11(12)18)25-13(20-10)9-19-16(23)24-17(2,3)4/h5-8H,9H2,1-4H3,(H,19,23)(H,21,22). The van der Waals surface area contributed by atoms with E-state index in [9.17, 15) is 14.0 Å². The molecule has 0 unspecified atom stereocenters. The molecule has 0 aliphatic carbocycles.